The lowest BCUT2D eigenvalue weighted by atomic mass is 10.2. The van der Waals surface area contributed by atoms with Crippen molar-refractivity contribution in [3.63, 3.8) is 0 Å². The second-order valence-corrected chi connectivity index (χ2v) is 8.46. The normalized spacial score (nSPS) is 11.1. The van der Waals surface area contributed by atoms with Crippen LogP contribution < -0.4 is 21.3 Å². The lowest BCUT2D eigenvalue weighted by Gasteiger charge is -2.11. The zero-order chi connectivity index (χ0) is 24.4. The molecule has 0 fully saturated rings. The first kappa shape index (κ1) is 23.3. The van der Waals surface area contributed by atoms with Crippen molar-refractivity contribution in [2.45, 2.75) is 11.7 Å². The first-order valence-corrected chi connectivity index (χ1v) is 11.2. The van der Waals surface area contributed by atoms with E-state index in [-0.39, 0.29) is 35.2 Å². The number of para-hydroxylation sites is 2. The lowest BCUT2D eigenvalue weighted by Crippen LogP contribution is -2.37. The number of rotatable bonds is 7. The number of hydrogen-bond donors (Lipinski definition) is 1. The molecule has 34 heavy (non-hydrogen) atoms. The summed E-state index contributed by atoms with van der Waals surface area (Å²) in [6.07, 6.45) is 0. The van der Waals surface area contributed by atoms with Gasteiger partial charge in [0.25, 0.3) is 5.56 Å². The second-order valence-electron chi connectivity index (χ2n) is 7.52. The largest absolute Gasteiger partial charge is 0.495 e. The highest BCUT2D eigenvalue weighted by Crippen LogP contribution is 2.26. The summed E-state index contributed by atoms with van der Waals surface area (Å²) in [5.74, 6) is -0.140. The van der Waals surface area contributed by atoms with Crippen molar-refractivity contribution in [3.8, 4) is 5.75 Å². The smallest absolute Gasteiger partial charge is 0.332 e. The number of anilines is 1. The van der Waals surface area contributed by atoms with Gasteiger partial charge in [-0.05, 0) is 29.8 Å². The van der Waals surface area contributed by atoms with Crippen LogP contribution in [0.3, 0.4) is 0 Å². The quantitative estimate of drug-likeness (QED) is 0.405. The van der Waals surface area contributed by atoms with Crippen LogP contribution in [0.1, 0.15) is 5.56 Å². The van der Waals surface area contributed by atoms with E-state index < -0.39 is 11.2 Å². The van der Waals surface area contributed by atoms with Gasteiger partial charge in [0.05, 0.1) is 25.1 Å². The maximum atomic E-state index is 13.4. The van der Waals surface area contributed by atoms with Gasteiger partial charge in [-0.15, -0.1) is 0 Å². The minimum atomic E-state index is -0.505. The highest BCUT2D eigenvalue weighted by Gasteiger charge is 2.20. The molecule has 2 aromatic heterocycles. The summed E-state index contributed by atoms with van der Waals surface area (Å²) in [5, 5.41) is 3.18. The molecule has 4 rings (SSSR count). The van der Waals surface area contributed by atoms with Gasteiger partial charge in [-0.2, -0.15) is 0 Å². The number of nitrogens with zero attached hydrogens (tertiary/aromatic N) is 4. The second kappa shape index (κ2) is 9.56. The molecular weight excluding hydrogens is 461 g/mol. The molecule has 4 aromatic rings. The fourth-order valence-electron chi connectivity index (χ4n) is 3.52. The van der Waals surface area contributed by atoms with Crippen LogP contribution in [-0.4, -0.2) is 37.5 Å². The fourth-order valence-corrected chi connectivity index (χ4v) is 4.32. The number of methoxy groups -OCH3 is 1. The number of thioether (sulfide) groups is 1. The van der Waals surface area contributed by atoms with Gasteiger partial charge in [-0.25, -0.2) is 14.2 Å². The van der Waals surface area contributed by atoms with Gasteiger partial charge in [0.15, 0.2) is 16.3 Å². The van der Waals surface area contributed by atoms with Crippen LogP contribution in [-0.2, 0) is 25.4 Å². The number of nitrogens with one attached hydrogen (secondary N) is 1. The standard InChI is InChI=1S/C23H22FN5O4S/c1-27-20-19(21(31)28(2)23(27)32)29(12-14-8-10-15(24)11-9-14)22(26-20)34-13-18(30)25-16-6-4-5-7-17(16)33-3/h4-11H,12-13H2,1-3H3,(H,25,30). The third-order valence-corrected chi connectivity index (χ3v) is 6.26. The molecule has 0 spiro atoms. The summed E-state index contributed by atoms with van der Waals surface area (Å²) in [6, 6.07) is 12.9. The van der Waals surface area contributed by atoms with Gasteiger partial charge in [0, 0.05) is 14.1 Å². The Morgan fingerprint density at radius 3 is 2.50 bits per heavy atom. The van der Waals surface area contributed by atoms with Crippen LogP contribution in [0, 0.1) is 5.82 Å². The maximum Gasteiger partial charge on any atom is 0.332 e. The Morgan fingerprint density at radius 2 is 1.79 bits per heavy atom. The molecule has 0 aliphatic rings. The monoisotopic (exact) mass is 483 g/mol. The molecule has 1 amide bonds. The Kier molecular flexibility index (Phi) is 6.55. The third kappa shape index (κ3) is 4.46. The Labute approximate surface area is 197 Å². The van der Waals surface area contributed by atoms with E-state index >= 15 is 0 Å². The molecule has 1 N–H and O–H groups in total. The molecule has 176 valence electrons. The Bertz CT molecular complexity index is 1490. The minimum Gasteiger partial charge on any atom is -0.495 e. The number of hydrogen-bond acceptors (Lipinski definition) is 6. The Morgan fingerprint density at radius 1 is 1.09 bits per heavy atom. The molecular formula is C23H22FN5O4S. The number of aryl methyl sites for hydroxylation is 1. The summed E-state index contributed by atoms with van der Waals surface area (Å²) in [5.41, 5.74) is 0.695. The zero-order valence-corrected chi connectivity index (χ0v) is 19.6. The van der Waals surface area contributed by atoms with Gasteiger partial charge in [0.2, 0.25) is 5.91 Å². The van der Waals surface area contributed by atoms with E-state index in [9.17, 15) is 18.8 Å². The fraction of sp³-hybridized carbons (Fsp3) is 0.217. The number of aromatic nitrogens is 4. The molecule has 0 saturated carbocycles. The van der Waals surface area contributed by atoms with E-state index in [2.05, 4.69) is 10.3 Å². The minimum absolute atomic E-state index is 0.000942. The van der Waals surface area contributed by atoms with E-state index in [4.69, 9.17) is 4.74 Å². The van der Waals surface area contributed by atoms with Crippen LogP contribution in [0.25, 0.3) is 11.2 Å². The van der Waals surface area contributed by atoms with E-state index in [1.54, 1.807) is 41.0 Å². The van der Waals surface area contributed by atoms with Crippen LogP contribution in [0.4, 0.5) is 10.1 Å². The number of imidazole rings is 1. The average molecular weight is 484 g/mol. The predicted octanol–water partition coefficient (Wildman–Crippen LogP) is 2.36. The molecule has 2 aromatic carbocycles. The third-order valence-electron chi connectivity index (χ3n) is 5.28. The number of fused-ring (bicyclic) bond motifs is 1. The summed E-state index contributed by atoms with van der Waals surface area (Å²) in [4.78, 5) is 42.5. The highest BCUT2D eigenvalue weighted by molar-refractivity contribution is 7.99. The molecule has 0 atom stereocenters. The zero-order valence-electron chi connectivity index (χ0n) is 18.7. The average Bonchev–Trinajstić information content (AvgIpc) is 3.20. The topological polar surface area (TPSA) is 100 Å². The molecule has 0 aliphatic carbocycles. The van der Waals surface area contributed by atoms with Crippen LogP contribution >= 0.6 is 11.8 Å². The molecule has 0 radical (unpaired) electrons. The summed E-state index contributed by atoms with van der Waals surface area (Å²) in [7, 11) is 4.44. The predicted molar refractivity (Wildman–Crippen MR) is 128 cm³/mol. The van der Waals surface area contributed by atoms with Crippen molar-refractivity contribution in [3.05, 3.63) is 80.7 Å². The SMILES string of the molecule is COc1ccccc1NC(=O)CSc1nc2c(c(=O)n(C)c(=O)n2C)n1Cc1ccc(F)cc1. The van der Waals surface area contributed by atoms with Gasteiger partial charge < -0.3 is 14.6 Å². The van der Waals surface area contributed by atoms with E-state index in [0.29, 0.717) is 16.6 Å². The molecule has 0 saturated heterocycles. The number of benzene rings is 2. The molecule has 0 aliphatic heterocycles. The summed E-state index contributed by atoms with van der Waals surface area (Å²) < 4.78 is 22.6. The number of carbonyl (C=O) groups excluding carboxylic acids is 1. The maximum absolute atomic E-state index is 13.4. The Balaban J connectivity index is 1.69. The van der Waals surface area contributed by atoms with Crippen molar-refractivity contribution >= 4 is 34.5 Å². The van der Waals surface area contributed by atoms with Gasteiger partial charge in [-0.3, -0.25) is 18.7 Å². The number of halogens is 1. The van der Waals surface area contributed by atoms with Crippen LogP contribution in [0.15, 0.2) is 63.3 Å². The van der Waals surface area contributed by atoms with Gasteiger partial charge in [0.1, 0.15) is 11.6 Å². The number of carbonyl (C=O) groups is 1. The van der Waals surface area contributed by atoms with E-state index in [0.717, 1.165) is 21.9 Å². The summed E-state index contributed by atoms with van der Waals surface area (Å²) in [6.45, 7) is 0.209. The van der Waals surface area contributed by atoms with Crippen molar-refractivity contribution in [1.29, 1.82) is 0 Å². The highest BCUT2D eigenvalue weighted by atomic mass is 32.2. The van der Waals surface area contributed by atoms with Crippen molar-refractivity contribution in [1.82, 2.24) is 18.7 Å². The molecule has 0 unspecified atom stereocenters. The van der Waals surface area contributed by atoms with Crippen LogP contribution in [0.2, 0.25) is 0 Å². The Hall–Kier alpha value is -3.86. The number of ether oxygens (including phenoxy) is 1. The molecule has 11 heteroatoms. The van der Waals surface area contributed by atoms with Crippen LogP contribution in [0.5, 0.6) is 5.75 Å². The summed E-state index contributed by atoms with van der Waals surface area (Å²) >= 11 is 1.13. The van der Waals surface area contributed by atoms with Crippen molar-refractivity contribution in [2.75, 3.05) is 18.2 Å². The first-order valence-electron chi connectivity index (χ1n) is 10.3. The van der Waals surface area contributed by atoms with E-state index in [1.165, 1.54) is 37.9 Å². The van der Waals surface area contributed by atoms with Gasteiger partial charge in [-0.1, -0.05) is 36.0 Å². The van der Waals surface area contributed by atoms with Crippen molar-refractivity contribution in [2.24, 2.45) is 14.1 Å². The van der Waals surface area contributed by atoms with Gasteiger partial charge >= 0.3 is 5.69 Å². The lowest BCUT2D eigenvalue weighted by molar-refractivity contribution is -0.113. The van der Waals surface area contributed by atoms with Crippen molar-refractivity contribution < 1.29 is 13.9 Å². The molecule has 9 nitrogen and oxygen atoms in total. The molecule has 2 heterocycles. The molecule has 0 bridgehead atoms. The first-order chi connectivity index (χ1) is 16.3. The van der Waals surface area contributed by atoms with E-state index in [1.807, 2.05) is 0 Å². The number of amides is 1.